The van der Waals surface area contributed by atoms with E-state index in [1.54, 1.807) is 0 Å². The predicted molar refractivity (Wildman–Crippen MR) is 98.3 cm³/mol. The zero-order valence-electron chi connectivity index (χ0n) is 14.0. The minimum atomic E-state index is 1.27. The Balaban J connectivity index is 4.09. The summed E-state index contributed by atoms with van der Waals surface area (Å²) in [6.45, 7) is 10.5. The molecule has 0 unspecified atom stereocenters. The van der Waals surface area contributed by atoms with Crippen molar-refractivity contribution in [3.63, 3.8) is 0 Å². The van der Waals surface area contributed by atoms with Crippen molar-refractivity contribution < 1.29 is 0 Å². The van der Waals surface area contributed by atoms with Gasteiger partial charge in [-0.2, -0.15) is 0 Å². The average Bonchev–Trinajstić information content (AvgIpc) is 2.38. The van der Waals surface area contributed by atoms with Crippen LogP contribution in [0.15, 0.2) is 95.7 Å². The largest absolute Gasteiger partial charge is 0.0764 e. The van der Waals surface area contributed by atoms with Gasteiger partial charge in [-0.25, -0.2) is 0 Å². The molecule has 0 heterocycles. The van der Waals surface area contributed by atoms with Crippen LogP contribution in [0, 0.1) is 0 Å². The fraction of sp³-hybridized carbons (Fsp3) is 0.238. The van der Waals surface area contributed by atoms with Crippen LogP contribution in [0.25, 0.3) is 0 Å². The number of rotatable bonds is 7. The van der Waals surface area contributed by atoms with Gasteiger partial charge in [-0.05, 0) is 34.6 Å². The molecule has 0 atom stereocenters. The highest BCUT2D eigenvalue weighted by Gasteiger charge is 1.79. The molecule has 0 amide bonds. The van der Waals surface area contributed by atoms with Crippen LogP contribution in [0.1, 0.15) is 34.6 Å². The Morgan fingerprint density at radius 2 is 0.810 bits per heavy atom. The van der Waals surface area contributed by atoms with Crippen molar-refractivity contribution in [2.75, 3.05) is 0 Å². The topological polar surface area (TPSA) is 0 Å². The third kappa shape index (κ3) is 15.9. The molecule has 0 spiro atoms. The van der Waals surface area contributed by atoms with E-state index < -0.39 is 0 Å². The van der Waals surface area contributed by atoms with E-state index in [1.807, 2.05) is 54.7 Å². The zero-order valence-corrected chi connectivity index (χ0v) is 14.0. The number of allylic oxidation sites excluding steroid dienone is 16. The first-order valence-electron chi connectivity index (χ1n) is 7.32. The third-order valence-electron chi connectivity index (χ3n) is 2.31. The summed E-state index contributed by atoms with van der Waals surface area (Å²) in [5.41, 5.74) is 3.89. The van der Waals surface area contributed by atoms with Crippen LogP contribution in [-0.4, -0.2) is 0 Å². The summed E-state index contributed by atoms with van der Waals surface area (Å²) < 4.78 is 0. The van der Waals surface area contributed by atoms with Crippen LogP contribution in [0.4, 0.5) is 0 Å². The second-order valence-electron chi connectivity index (χ2n) is 5.30. The Labute approximate surface area is 131 Å². The van der Waals surface area contributed by atoms with Gasteiger partial charge < -0.3 is 0 Å². The number of hydrogen-bond acceptors (Lipinski definition) is 0. The predicted octanol–water partition coefficient (Wildman–Crippen LogP) is 6.65. The second-order valence-corrected chi connectivity index (χ2v) is 5.30. The fourth-order valence-corrected chi connectivity index (χ4v) is 1.47. The monoisotopic (exact) mass is 280 g/mol. The van der Waals surface area contributed by atoms with Crippen molar-refractivity contribution in [2.24, 2.45) is 0 Å². The van der Waals surface area contributed by atoms with E-state index in [9.17, 15) is 0 Å². The molecule has 0 heteroatoms. The molecule has 0 rings (SSSR count). The van der Waals surface area contributed by atoms with Gasteiger partial charge in [0.15, 0.2) is 0 Å². The Bertz CT molecular complexity index is 504. The lowest BCUT2D eigenvalue weighted by Gasteiger charge is -1.90. The summed E-state index contributed by atoms with van der Waals surface area (Å²) in [5, 5.41) is 0. The van der Waals surface area contributed by atoms with Crippen molar-refractivity contribution in [3.8, 4) is 0 Å². The molecule has 0 aliphatic rings. The summed E-state index contributed by atoms with van der Waals surface area (Å²) in [6, 6.07) is 0. The molecule has 0 aliphatic heterocycles. The summed E-state index contributed by atoms with van der Waals surface area (Å²) in [7, 11) is 0. The van der Waals surface area contributed by atoms with E-state index in [4.69, 9.17) is 0 Å². The van der Waals surface area contributed by atoms with Crippen molar-refractivity contribution >= 4 is 0 Å². The van der Waals surface area contributed by atoms with E-state index in [2.05, 4.69) is 58.9 Å². The highest BCUT2D eigenvalue weighted by Crippen LogP contribution is 2.00. The standard InChI is InChI=1S/C21H28/c1-19(2)16-14-12-10-8-6-7-9-11-13-15-17-21(5)18-20(3)4/h6-18H,1-5H3. The quantitative estimate of drug-likeness (QED) is 0.458. The molecular weight excluding hydrogens is 252 g/mol. The van der Waals surface area contributed by atoms with E-state index in [0.717, 1.165) is 0 Å². The Morgan fingerprint density at radius 3 is 1.19 bits per heavy atom. The molecule has 21 heavy (non-hydrogen) atoms. The molecule has 0 radical (unpaired) electrons. The first-order valence-corrected chi connectivity index (χ1v) is 7.32. The summed E-state index contributed by atoms with van der Waals surface area (Å²) in [5.74, 6) is 0. The first-order chi connectivity index (χ1) is 10.0. The van der Waals surface area contributed by atoms with Crippen molar-refractivity contribution in [1.29, 1.82) is 0 Å². The van der Waals surface area contributed by atoms with Crippen LogP contribution >= 0.6 is 0 Å². The molecule has 0 aliphatic carbocycles. The fourth-order valence-electron chi connectivity index (χ4n) is 1.47. The molecule has 0 aromatic rings. The lowest BCUT2D eigenvalue weighted by Crippen LogP contribution is -1.69. The van der Waals surface area contributed by atoms with Gasteiger partial charge in [0.25, 0.3) is 0 Å². The highest BCUT2D eigenvalue weighted by molar-refractivity contribution is 5.26. The van der Waals surface area contributed by atoms with E-state index in [-0.39, 0.29) is 0 Å². The van der Waals surface area contributed by atoms with Gasteiger partial charge in [0.05, 0.1) is 0 Å². The smallest absolute Gasteiger partial charge is 0.0398 e. The highest BCUT2D eigenvalue weighted by atomic mass is 13.9. The van der Waals surface area contributed by atoms with Gasteiger partial charge in [0.2, 0.25) is 0 Å². The van der Waals surface area contributed by atoms with Gasteiger partial charge in [0, 0.05) is 0 Å². The molecule has 0 fully saturated rings. The third-order valence-corrected chi connectivity index (χ3v) is 2.31. The maximum Gasteiger partial charge on any atom is -0.0398 e. The van der Waals surface area contributed by atoms with E-state index >= 15 is 0 Å². The average molecular weight is 280 g/mol. The van der Waals surface area contributed by atoms with Crippen molar-refractivity contribution in [3.05, 3.63) is 95.7 Å². The minimum Gasteiger partial charge on any atom is -0.0764 e. The molecule has 0 aromatic heterocycles. The summed E-state index contributed by atoms with van der Waals surface area (Å²) in [6.07, 6.45) is 26.6. The molecule has 0 N–H and O–H groups in total. The Morgan fingerprint density at radius 1 is 0.429 bits per heavy atom. The second kappa shape index (κ2) is 12.9. The van der Waals surface area contributed by atoms with E-state index in [0.29, 0.717) is 0 Å². The van der Waals surface area contributed by atoms with Gasteiger partial charge in [0.1, 0.15) is 0 Å². The normalized spacial score (nSPS) is 13.3. The SMILES string of the molecule is CC(C)=CC=CC=CC=CC=CC=CC=C(C)C=C(C)C. The molecule has 0 saturated heterocycles. The summed E-state index contributed by atoms with van der Waals surface area (Å²) in [4.78, 5) is 0. The Hall–Kier alpha value is -2.08. The van der Waals surface area contributed by atoms with E-state index in [1.165, 1.54) is 16.7 Å². The van der Waals surface area contributed by atoms with Gasteiger partial charge in [-0.3, -0.25) is 0 Å². The van der Waals surface area contributed by atoms with Gasteiger partial charge in [-0.1, -0.05) is 95.7 Å². The minimum absolute atomic E-state index is 1.27. The van der Waals surface area contributed by atoms with Crippen LogP contribution in [0.2, 0.25) is 0 Å². The lowest BCUT2D eigenvalue weighted by molar-refractivity contribution is 1.35. The molecule has 0 nitrogen and oxygen atoms in total. The molecule has 0 saturated carbocycles. The van der Waals surface area contributed by atoms with Crippen LogP contribution < -0.4 is 0 Å². The van der Waals surface area contributed by atoms with Crippen molar-refractivity contribution in [1.82, 2.24) is 0 Å². The molecular formula is C21H28. The maximum atomic E-state index is 2.17. The lowest BCUT2D eigenvalue weighted by atomic mass is 10.2. The van der Waals surface area contributed by atoms with Gasteiger partial charge >= 0.3 is 0 Å². The first kappa shape index (κ1) is 18.9. The van der Waals surface area contributed by atoms with Gasteiger partial charge in [-0.15, -0.1) is 0 Å². The van der Waals surface area contributed by atoms with Crippen molar-refractivity contribution in [2.45, 2.75) is 34.6 Å². The van der Waals surface area contributed by atoms with Crippen LogP contribution in [0.3, 0.4) is 0 Å². The maximum absolute atomic E-state index is 2.17. The van der Waals surface area contributed by atoms with Crippen LogP contribution in [0.5, 0.6) is 0 Å². The number of hydrogen-bond donors (Lipinski definition) is 0. The molecule has 112 valence electrons. The zero-order chi connectivity index (χ0) is 15.9. The molecule has 0 aromatic carbocycles. The summed E-state index contributed by atoms with van der Waals surface area (Å²) >= 11 is 0. The Kier molecular flexibility index (Phi) is 11.6. The van der Waals surface area contributed by atoms with Crippen LogP contribution in [-0.2, 0) is 0 Å². The molecule has 0 bridgehead atoms.